The van der Waals surface area contributed by atoms with E-state index in [0.29, 0.717) is 5.82 Å². The van der Waals surface area contributed by atoms with Crippen LogP contribution in [-0.2, 0) is 23.7 Å². The third-order valence-corrected chi connectivity index (χ3v) is 2.91. The zero-order valence-electron chi connectivity index (χ0n) is 9.63. The molecule has 9 heteroatoms. The highest BCUT2D eigenvalue weighted by atomic mass is 32.2. The van der Waals surface area contributed by atoms with Gasteiger partial charge in [0.2, 0.25) is 0 Å². The number of aromatic nitrogens is 5. The third kappa shape index (κ3) is 3.31. The number of rotatable bonds is 4. The van der Waals surface area contributed by atoms with Crippen molar-refractivity contribution in [1.29, 1.82) is 0 Å². The molecule has 2 rings (SSSR count). The maximum atomic E-state index is 10.6. The molecule has 0 aliphatic carbocycles. The van der Waals surface area contributed by atoms with Crippen molar-refractivity contribution in [3.8, 4) is 11.4 Å². The number of aryl methyl sites for hydroxylation is 2. The fraction of sp³-hybridized carbons (Fsp3) is 0.333. The zero-order chi connectivity index (χ0) is 13.2. The largest absolute Gasteiger partial charge is 0.285 e. The van der Waals surface area contributed by atoms with Crippen LogP contribution < -0.4 is 4.68 Å². The number of hydrogen-bond donors (Lipinski definition) is 1. The van der Waals surface area contributed by atoms with Crippen molar-refractivity contribution in [2.24, 2.45) is 7.05 Å². The van der Waals surface area contributed by atoms with Crippen LogP contribution in [0.1, 0.15) is 0 Å². The Morgan fingerprint density at radius 2 is 2.28 bits per heavy atom. The van der Waals surface area contributed by atoms with E-state index in [4.69, 9.17) is 4.55 Å². The molecule has 2 aromatic rings. The summed E-state index contributed by atoms with van der Waals surface area (Å²) in [7, 11) is -2.21. The van der Waals surface area contributed by atoms with Crippen molar-refractivity contribution < 1.29 is 17.7 Å². The summed E-state index contributed by atoms with van der Waals surface area (Å²) in [6, 6.07) is 1.73. The second-order valence-electron chi connectivity index (χ2n) is 3.71. The van der Waals surface area contributed by atoms with Gasteiger partial charge >= 0.3 is 0 Å². The molecule has 0 aromatic carbocycles. The topological polar surface area (TPSA) is 102 Å². The van der Waals surface area contributed by atoms with E-state index in [-0.39, 0.29) is 12.3 Å². The van der Waals surface area contributed by atoms with E-state index >= 15 is 0 Å². The molecule has 0 radical (unpaired) electrons. The molecule has 96 valence electrons. The second kappa shape index (κ2) is 4.78. The number of nitrogens with zero attached hydrogens (tertiary/aromatic N) is 5. The zero-order valence-corrected chi connectivity index (χ0v) is 10.4. The maximum Gasteiger partial charge on any atom is 0.271 e. The molecular formula is C9H12N5O3S+. The van der Waals surface area contributed by atoms with E-state index in [9.17, 15) is 8.42 Å². The van der Waals surface area contributed by atoms with Crippen LogP contribution in [0.4, 0.5) is 0 Å². The first-order valence-electron chi connectivity index (χ1n) is 5.11. The SMILES string of the molecule is Cn1cnc(-c2cc[n+](CCS(=O)(=O)O)nc2)n1. The Balaban J connectivity index is 2.10. The van der Waals surface area contributed by atoms with Crippen molar-refractivity contribution in [3.63, 3.8) is 0 Å². The van der Waals surface area contributed by atoms with Crippen LogP contribution in [0.5, 0.6) is 0 Å². The van der Waals surface area contributed by atoms with E-state index in [0.717, 1.165) is 5.56 Å². The fourth-order valence-corrected chi connectivity index (χ4v) is 1.75. The summed E-state index contributed by atoms with van der Waals surface area (Å²) in [5.41, 5.74) is 0.735. The molecule has 1 N–H and O–H groups in total. The summed E-state index contributed by atoms with van der Waals surface area (Å²) in [4.78, 5) is 4.07. The molecule has 2 heterocycles. The first kappa shape index (κ1) is 12.6. The van der Waals surface area contributed by atoms with E-state index < -0.39 is 10.1 Å². The van der Waals surface area contributed by atoms with Gasteiger partial charge in [-0.25, -0.2) is 4.98 Å². The lowest BCUT2D eigenvalue weighted by Crippen LogP contribution is -2.40. The average Bonchev–Trinajstić information content (AvgIpc) is 2.73. The standard InChI is InChI=1S/C9H11N5O3S/c1-13-7-10-9(12-13)8-2-3-14(11-6-8)4-5-18(15,16)17/h2-3,6-7H,4-5H2,1H3/p+1. The Morgan fingerprint density at radius 1 is 1.50 bits per heavy atom. The fourth-order valence-electron chi connectivity index (χ4n) is 1.33. The highest BCUT2D eigenvalue weighted by Gasteiger charge is 2.12. The van der Waals surface area contributed by atoms with Gasteiger partial charge in [0.1, 0.15) is 18.3 Å². The lowest BCUT2D eigenvalue weighted by Gasteiger charge is -1.95. The van der Waals surface area contributed by atoms with Gasteiger partial charge in [-0.05, 0) is 5.10 Å². The first-order valence-corrected chi connectivity index (χ1v) is 6.72. The Bertz CT molecular complexity index is 634. The summed E-state index contributed by atoms with van der Waals surface area (Å²) >= 11 is 0. The monoisotopic (exact) mass is 270 g/mol. The highest BCUT2D eigenvalue weighted by Crippen LogP contribution is 2.09. The lowest BCUT2D eigenvalue weighted by molar-refractivity contribution is -0.750. The molecule has 0 bridgehead atoms. The van der Waals surface area contributed by atoms with Gasteiger partial charge in [-0.15, -0.1) is 0 Å². The third-order valence-electron chi connectivity index (χ3n) is 2.21. The smallest absolute Gasteiger partial charge is 0.271 e. The lowest BCUT2D eigenvalue weighted by atomic mass is 10.3. The van der Waals surface area contributed by atoms with Crippen LogP contribution in [-0.4, -0.2) is 38.6 Å². The quantitative estimate of drug-likeness (QED) is 0.568. The van der Waals surface area contributed by atoms with E-state index in [2.05, 4.69) is 15.2 Å². The molecule has 0 saturated carbocycles. The van der Waals surface area contributed by atoms with Gasteiger partial charge in [-0.1, -0.05) is 4.68 Å². The van der Waals surface area contributed by atoms with Gasteiger partial charge in [0.15, 0.2) is 18.6 Å². The molecule has 0 spiro atoms. The van der Waals surface area contributed by atoms with Gasteiger partial charge in [-0.2, -0.15) is 13.5 Å². The van der Waals surface area contributed by atoms with Gasteiger partial charge in [-0.3, -0.25) is 9.23 Å². The molecule has 8 nitrogen and oxygen atoms in total. The Hall–Kier alpha value is -1.87. The minimum absolute atomic E-state index is 0.0920. The van der Waals surface area contributed by atoms with Crippen molar-refractivity contribution >= 4 is 10.1 Å². The average molecular weight is 270 g/mol. The molecule has 0 atom stereocenters. The summed E-state index contributed by atoms with van der Waals surface area (Å²) in [6.45, 7) is 0.0920. The summed E-state index contributed by atoms with van der Waals surface area (Å²) in [6.07, 6.45) is 4.73. The summed E-state index contributed by atoms with van der Waals surface area (Å²) in [5.74, 6) is 0.179. The predicted molar refractivity (Wildman–Crippen MR) is 60.8 cm³/mol. The first-order chi connectivity index (χ1) is 8.44. The van der Waals surface area contributed by atoms with Crippen LogP contribution in [0.25, 0.3) is 11.4 Å². The van der Waals surface area contributed by atoms with Crippen LogP contribution in [0.3, 0.4) is 0 Å². The molecular weight excluding hydrogens is 258 g/mol. The van der Waals surface area contributed by atoms with Crippen LogP contribution in [0, 0.1) is 0 Å². The van der Waals surface area contributed by atoms with Crippen molar-refractivity contribution in [1.82, 2.24) is 19.9 Å². The van der Waals surface area contributed by atoms with Crippen LogP contribution in [0.2, 0.25) is 0 Å². The van der Waals surface area contributed by atoms with Gasteiger partial charge in [0.05, 0.1) is 5.56 Å². The van der Waals surface area contributed by atoms with Gasteiger partial charge in [0, 0.05) is 13.1 Å². The molecule has 0 fully saturated rings. The van der Waals surface area contributed by atoms with E-state index in [1.54, 1.807) is 36.5 Å². The van der Waals surface area contributed by atoms with E-state index in [1.807, 2.05) is 0 Å². The molecule has 0 saturated heterocycles. The van der Waals surface area contributed by atoms with Crippen molar-refractivity contribution in [3.05, 3.63) is 24.8 Å². The Labute approximate surface area is 104 Å². The molecule has 0 aliphatic rings. The summed E-state index contributed by atoms with van der Waals surface area (Å²) in [5, 5.41) is 8.14. The minimum atomic E-state index is -3.97. The Morgan fingerprint density at radius 3 is 2.78 bits per heavy atom. The molecule has 18 heavy (non-hydrogen) atoms. The second-order valence-corrected chi connectivity index (χ2v) is 5.28. The normalized spacial score (nSPS) is 11.7. The minimum Gasteiger partial charge on any atom is -0.285 e. The Kier molecular flexibility index (Phi) is 3.34. The molecule has 0 unspecified atom stereocenters. The summed E-state index contributed by atoms with van der Waals surface area (Å²) < 4.78 is 32.8. The molecule has 0 amide bonds. The predicted octanol–water partition coefficient (Wildman–Crippen LogP) is -0.948. The number of hydrogen-bond acceptors (Lipinski definition) is 5. The van der Waals surface area contributed by atoms with Crippen molar-refractivity contribution in [2.45, 2.75) is 6.54 Å². The van der Waals surface area contributed by atoms with Crippen LogP contribution in [0.15, 0.2) is 24.8 Å². The van der Waals surface area contributed by atoms with Crippen LogP contribution >= 0.6 is 0 Å². The molecule has 0 aliphatic heterocycles. The van der Waals surface area contributed by atoms with Gasteiger partial charge in [0.25, 0.3) is 10.1 Å². The molecule has 2 aromatic heterocycles. The van der Waals surface area contributed by atoms with Gasteiger partial charge < -0.3 is 0 Å². The van der Waals surface area contributed by atoms with Crippen molar-refractivity contribution in [2.75, 3.05) is 5.75 Å². The van der Waals surface area contributed by atoms with E-state index in [1.165, 1.54) is 4.68 Å². The highest BCUT2D eigenvalue weighted by molar-refractivity contribution is 7.85. The maximum absolute atomic E-state index is 10.6.